The Bertz CT molecular complexity index is 485. The number of piperidine rings is 1. The highest BCUT2D eigenvalue weighted by molar-refractivity contribution is 6.13. The van der Waals surface area contributed by atoms with Gasteiger partial charge in [0, 0.05) is 31.4 Å². The molecule has 2 aliphatic rings. The quantitative estimate of drug-likeness (QED) is 0.732. The van der Waals surface area contributed by atoms with E-state index in [4.69, 9.17) is 0 Å². The number of hydrogen-bond donors (Lipinski definition) is 0. The molecule has 0 atom stereocenters. The van der Waals surface area contributed by atoms with Gasteiger partial charge in [0.05, 0.1) is 5.57 Å². The molecule has 0 aromatic carbocycles. The largest absolute Gasteiger partial charge is 0.341 e. The first-order chi connectivity index (χ1) is 10.5. The van der Waals surface area contributed by atoms with Gasteiger partial charge in [-0.25, -0.2) is 0 Å². The van der Waals surface area contributed by atoms with Gasteiger partial charge in [-0.05, 0) is 51.4 Å². The van der Waals surface area contributed by atoms with Crippen molar-refractivity contribution in [1.82, 2.24) is 9.80 Å². The van der Waals surface area contributed by atoms with Crippen molar-refractivity contribution >= 4 is 12.1 Å². The molecular weight excluding hydrogens is 274 g/mol. The van der Waals surface area contributed by atoms with Crippen molar-refractivity contribution in [3.8, 4) is 0 Å². The third-order valence-corrected chi connectivity index (χ3v) is 5.12. The SMILES string of the molecule is C=CN=CC1=C(CCCC)C2(CCN(C)CC2)CN(C)C1=O. The maximum Gasteiger partial charge on any atom is 0.255 e. The molecular formula is C18H29N3O. The summed E-state index contributed by atoms with van der Waals surface area (Å²) < 4.78 is 0. The van der Waals surface area contributed by atoms with Crippen LogP contribution in [0.25, 0.3) is 0 Å². The Balaban J connectivity index is 2.45. The molecule has 2 rings (SSSR count). The Morgan fingerprint density at radius 2 is 2.00 bits per heavy atom. The van der Waals surface area contributed by atoms with E-state index in [2.05, 4.69) is 30.4 Å². The van der Waals surface area contributed by atoms with E-state index in [1.165, 1.54) is 11.8 Å². The predicted octanol–water partition coefficient (Wildman–Crippen LogP) is 2.87. The first-order valence-electron chi connectivity index (χ1n) is 8.36. The molecule has 122 valence electrons. The Morgan fingerprint density at radius 3 is 2.59 bits per heavy atom. The lowest BCUT2D eigenvalue weighted by molar-refractivity contribution is -0.128. The van der Waals surface area contributed by atoms with Crippen molar-refractivity contribution in [2.45, 2.75) is 39.0 Å². The highest BCUT2D eigenvalue weighted by Crippen LogP contribution is 2.45. The van der Waals surface area contributed by atoms with Gasteiger partial charge in [0.15, 0.2) is 0 Å². The molecule has 0 unspecified atom stereocenters. The van der Waals surface area contributed by atoms with Crippen molar-refractivity contribution < 1.29 is 4.79 Å². The third-order valence-electron chi connectivity index (χ3n) is 5.12. The first-order valence-corrected chi connectivity index (χ1v) is 8.36. The van der Waals surface area contributed by atoms with Crippen LogP contribution in [0.5, 0.6) is 0 Å². The number of carbonyl (C=O) groups excluding carboxylic acids is 1. The molecule has 0 aliphatic carbocycles. The topological polar surface area (TPSA) is 35.9 Å². The van der Waals surface area contributed by atoms with E-state index in [0.717, 1.165) is 57.3 Å². The van der Waals surface area contributed by atoms with Gasteiger partial charge < -0.3 is 9.80 Å². The summed E-state index contributed by atoms with van der Waals surface area (Å²) in [5, 5.41) is 0. The molecule has 0 saturated carbocycles. The summed E-state index contributed by atoms with van der Waals surface area (Å²) in [6.45, 7) is 8.90. The molecule has 4 heteroatoms. The van der Waals surface area contributed by atoms with Gasteiger partial charge in [0.25, 0.3) is 5.91 Å². The van der Waals surface area contributed by atoms with Crippen LogP contribution in [0.2, 0.25) is 0 Å². The second kappa shape index (κ2) is 7.23. The van der Waals surface area contributed by atoms with E-state index in [-0.39, 0.29) is 11.3 Å². The van der Waals surface area contributed by atoms with Gasteiger partial charge in [0.1, 0.15) is 0 Å². The van der Waals surface area contributed by atoms with E-state index in [1.807, 2.05) is 11.9 Å². The summed E-state index contributed by atoms with van der Waals surface area (Å²) >= 11 is 0. The van der Waals surface area contributed by atoms with Crippen LogP contribution >= 0.6 is 0 Å². The minimum atomic E-state index is 0.112. The summed E-state index contributed by atoms with van der Waals surface area (Å²) in [6.07, 6.45) is 8.80. The fourth-order valence-electron chi connectivity index (χ4n) is 3.76. The average molecular weight is 303 g/mol. The summed E-state index contributed by atoms with van der Waals surface area (Å²) in [6, 6.07) is 0. The molecule has 4 nitrogen and oxygen atoms in total. The van der Waals surface area contributed by atoms with Crippen LogP contribution < -0.4 is 0 Å². The molecule has 22 heavy (non-hydrogen) atoms. The van der Waals surface area contributed by atoms with E-state index in [1.54, 1.807) is 6.21 Å². The fraction of sp³-hybridized carbons (Fsp3) is 0.667. The maximum atomic E-state index is 12.6. The van der Waals surface area contributed by atoms with Gasteiger partial charge in [-0.15, -0.1) is 0 Å². The minimum Gasteiger partial charge on any atom is -0.341 e. The zero-order valence-corrected chi connectivity index (χ0v) is 14.3. The van der Waals surface area contributed by atoms with Crippen molar-refractivity contribution in [2.75, 3.05) is 33.7 Å². The highest BCUT2D eigenvalue weighted by Gasteiger charge is 2.44. The van der Waals surface area contributed by atoms with E-state index in [0.29, 0.717) is 0 Å². The normalized spacial score (nSPS) is 22.9. The zero-order chi connectivity index (χ0) is 16.2. The number of likely N-dealkylation sites (tertiary alicyclic amines) is 1. The van der Waals surface area contributed by atoms with E-state index >= 15 is 0 Å². The molecule has 1 fully saturated rings. The van der Waals surface area contributed by atoms with E-state index in [9.17, 15) is 4.79 Å². The lowest BCUT2D eigenvalue weighted by Gasteiger charge is -2.48. The highest BCUT2D eigenvalue weighted by atomic mass is 16.2. The van der Waals surface area contributed by atoms with Gasteiger partial charge in [-0.1, -0.05) is 19.9 Å². The smallest absolute Gasteiger partial charge is 0.255 e. The first kappa shape index (κ1) is 16.9. The monoisotopic (exact) mass is 303 g/mol. The summed E-state index contributed by atoms with van der Waals surface area (Å²) in [5.74, 6) is 0.112. The summed E-state index contributed by atoms with van der Waals surface area (Å²) in [7, 11) is 4.10. The second-order valence-electron chi connectivity index (χ2n) is 6.70. The molecule has 2 heterocycles. The number of unbranched alkanes of at least 4 members (excludes halogenated alkanes) is 1. The lowest BCUT2D eigenvalue weighted by Crippen LogP contribution is -2.51. The van der Waals surface area contributed by atoms with Crippen LogP contribution in [0.3, 0.4) is 0 Å². The van der Waals surface area contributed by atoms with Crippen LogP contribution in [-0.2, 0) is 4.79 Å². The summed E-state index contributed by atoms with van der Waals surface area (Å²) in [4.78, 5) is 21.0. The average Bonchev–Trinajstić information content (AvgIpc) is 2.51. The Hall–Kier alpha value is -1.42. The molecule has 0 bridgehead atoms. The molecule has 2 aliphatic heterocycles. The molecule has 0 aromatic heterocycles. The van der Waals surface area contributed by atoms with Gasteiger partial charge in [-0.2, -0.15) is 0 Å². The van der Waals surface area contributed by atoms with Gasteiger partial charge >= 0.3 is 0 Å². The fourth-order valence-corrected chi connectivity index (χ4v) is 3.76. The van der Waals surface area contributed by atoms with Crippen LogP contribution in [-0.4, -0.2) is 55.7 Å². The van der Waals surface area contributed by atoms with E-state index < -0.39 is 0 Å². The van der Waals surface area contributed by atoms with Crippen molar-refractivity contribution in [2.24, 2.45) is 10.4 Å². The number of amides is 1. The molecule has 0 N–H and O–H groups in total. The molecule has 0 aromatic rings. The molecule has 1 saturated heterocycles. The molecule has 1 amide bonds. The minimum absolute atomic E-state index is 0.112. The predicted molar refractivity (Wildman–Crippen MR) is 92.0 cm³/mol. The standard InChI is InChI=1S/C18H29N3O/c1-5-7-8-16-15(13-19-6-2)17(22)21(4)14-18(16)9-11-20(3)12-10-18/h6,13H,2,5,7-12,14H2,1,3-4H3. The van der Waals surface area contributed by atoms with Crippen molar-refractivity contribution in [1.29, 1.82) is 0 Å². The van der Waals surface area contributed by atoms with Crippen molar-refractivity contribution in [3.63, 3.8) is 0 Å². The number of rotatable bonds is 5. The van der Waals surface area contributed by atoms with Crippen LogP contribution in [0, 0.1) is 5.41 Å². The Kier molecular flexibility index (Phi) is 5.57. The van der Waals surface area contributed by atoms with Crippen molar-refractivity contribution in [3.05, 3.63) is 23.9 Å². The number of aliphatic imine (C=N–C) groups is 1. The Morgan fingerprint density at radius 1 is 1.32 bits per heavy atom. The maximum absolute atomic E-state index is 12.6. The van der Waals surface area contributed by atoms with Crippen LogP contribution in [0.1, 0.15) is 39.0 Å². The molecule has 1 spiro atoms. The summed E-state index contributed by atoms with van der Waals surface area (Å²) in [5.41, 5.74) is 2.30. The Labute approximate surface area is 134 Å². The van der Waals surface area contributed by atoms with Crippen LogP contribution in [0.4, 0.5) is 0 Å². The van der Waals surface area contributed by atoms with Crippen LogP contribution in [0.15, 0.2) is 28.9 Å². The van der Waals surface area contributed by atoms with Gasteiger partial charge in [-0.3, -0.25) is 9.79 Å². The number of likely N-dealkylation sites (N-methyl/N-ethyl adjacent to an activating group) is 1. The number of hydrogen-bond acceptors (Lipinski definition) is 3. The molecule has 0 radical (unpaired) electrons. The third kappa shape index (κ3) is 3.32. The lowest BCUT2D eigenvalue weighted by atomic mass is 9.67. The number of nitrogens with zero attached hydrogens (tertiary/aromatic N) is 3. The zero-order valence-electron chi connectivity index (χ0n) is 14.3. The van der Waals surface area contributed by atoms with Gasteiger partial charge in [0.2, 0.25) is 0 Å². The second-order valence-corrected chi connectivity index (χ2v) is 6.70. The number of carbonyl (C=O) groups is 1.